The molecule has 1 aromatic heterocycles. The van der Waals surface area contributed by atoms with Gasteiger partial charge in [-0.15, -0.1) is 0 Å². The van der Waals surface area contributed by atoms with E-state index in [9.17, 15) is 4.79 Å². The third kappa shape index (κ3) is 3.06. The van der Waals surface area contributed by atoms with Crippen LogP contribution >= 0.6 is 0 Å². The summed E-state index contributed by atoms with van der Waals surface area (Å²) in [5.74, 6) is 0.786. The van der Waals surface area contributed by atoms with Crippen LogP contribution in [0.2, 0.25) is 0 Å². The van der Waals surface area contributed by atoms with Gasteiger partial charge in [-0.1, -0.05) is 19.8 Å². The molecule has 0 radical (unpaired) electrons. The van der Waals surface area contributed by atoms with Crippen LogP contribution in [0.25, 0.3) is 0 Å². The summed E-state index contributed by atoms with van der Waals surface area (Å²) >= 11 is 0. The van der Waals surface area contributed by atoms with E-state index in [0.717, 1.165) is 43.6 Å². The lowest BCUT2D eigenvalue weighted by atomic mass is 10.1. The van der Waals surface area contributed by atoms with Crippen molar-refractivity contribution in [2.24, 2.45) is 0 Å². The van der Waals surface area contributed by atoms with Gasteiger partial charge in [-0.25, -0.2) is 0 Å². The fourth-order valence-electron chi connectivity index (χ4n) is 2.15. The fourth-order valence-corrected chi connectivity index (χ4v) is 2.15. The number of carbonyl (C=O) groups excluding carboxylic acids is 1. The van der Waals surface area contributed by atoms with E-state index >= 15 is 0 Å². The normalized spacial score (nSPS) is 20.9. The number of aromatic amines is 1. The average molecular weight is 236 g/mol. The minimum Gasteiger partial charge on any atom is -0.309 e. The summed E-state index contributed by atoms with van der Waals surface area (Å²) in [6.07, 6.45) is 7.03. The van der Waals surface area contributed by atoms with Crippen LogP contribution in [-0.4, -0.2) is 28.7 Å². The number of aromatic nitrogens is 2. The molecule has 0 aromatic carbocycles. The molecular weight excluding hydrogens is 216 g/mol. The molecule has 1 amide bonds. The SMILES string of the molecule is CCc1cn[nH]c1NC(=O)C1CCCCCN1. The molecule has 1 aromatic rings. The van der Waals surface area contributed by atoms with Crippen molar-refractivity contribution in [3.05, 3.63) is 11.8 Å². The van der Waals surface area contributed by atoms with Crippen molar-refractivity contribution in [1.82, 2.24) is 15.5 Å². The number of anilines is 1. The van der Waals surface area contributed by atoms with Crippen LogP contribution in [0.5, 0.6) is 0 Å². The van der Waals surface area contributed by atoms with Crippen LogP contribution in [0.4, 0.5) is 5.82 Å². The minimum atomic E-state index is -0.0643. The van der Waals surface area contributed by atoms with E-state index in [1.54, 1.807) is 6.20 Å². The third-order valence-corrected chi connectivity index (χ3v) is 3.22. The molecule has 5 heteroatoms. The zero-order chi connectivity index (χ0) is 12.1. The molecule has 17 heavy (non-hydrogen) atoms. The molecule has 94 valence electrons. The van der Waals surface area contributed by atoms with Crippen molar-refractivity contribution in [2.45, 2.75) is 45.1 Å². The van der Waals surface area contributed by atoms with E-state index in [0.29, 0.717) is 0 Å². The van der Waals surface area contributed by atoms with E-state index in [1.807, 2.05) is 6.92 Å². The number of hydrogen-bond acceptors (Lipinski definition) is 3. The molecule has 2 rings (SSSR count). The Morgan fingerprint density at radius 3 is 3.24 bits per heavy atom. The Bertz CT molecular complexity index is 366. The molecular formula is C12H20N4O. The molecule has 1 aliphatic rings. The molecule has 1 saturated heterocycles. The highest BCUT2D eigenvalue weighted by atomic mass is 16.2. The van der Waals surface area contributed by atoms with E-state index in [1.165, 1.54) is 6.42 Å². The highest BCUT2D eigenvalue weighted by Gasteiger charge is 2.20. The van der Waals surface area contributed by atoms with Gasteiger partial charge in [0, 0.05) is 5.56 Å². The van der Waals surface area contributed by atoms with Gasteiger partial charge in [-0.2, -0.15) is 5.10 Å². The summed E-state index contributed by atoms with van der Waals surface area (Å²) in [6.45, 7) is 2.98. The van der Waals surface area contributed by atoms with Crippen LogP contribution in [-0.2, 0) is 11.2 Å². The molecule has 5 nitrogen and oxygen atoms in total. The number of hydrogen-bond donors (Lipinski definition) is 3. The molecule has 0 saturated carbocycles. The van der Waals surface area contributed by atoms with Crippen molar-refractivity contribution in [3.63, 3.8) is 0 Å². The van der Waals surface area contributed by atoms with Gasteiger partial charge in [0.15, 0.2) is 0 Å². The van der Waals surface area contributed by atoms with E-state index in [4.69, 9.17) is 0 Å². The largest absolute Gasteiger partial charge is 0.309 e. The molecule has 1 fully saturated rings. The molecule has 0 spiro atoms. The molecule has 1 unspecified atom stereocenters. The second kappa shape index (κ2) is 5.82. The van der Waals surface area contributed by atoms with Crippen LogP contribution in [0.1, 0.15) is 38.2 Å². The number of nitrogens with zero attached hydrogens (tertiary/aromatic N) is 1. The maximum Gasteiger partial charge on any atom is 0.242 e. The summed E-state index contributed by atoms with van der Waals surface area (Å²) in [4.78, 5) is 12.1. The minimum absolute atomic E-state index is 0.0471. The van der Waals surface area contributed by atoms with Crippen molar-refractivity contribution >= 4 is 11.7 Å². The number of aryl methyl sites for hydroxylation is 1. The van der Waals surface area contributed by atoms with E-state index in [2.05, 4.69) is 20.8 Å². The predicted molar refractivity (Wildman–Crippen MR) is 66.9 cm³/mol. The summed E-state index contributed by atoms with van der Waals surface area (Å²) in [5.41, 5.74) is 1.05. The summed E-state index contributed by atoms with van der Waals surface area (Å²) in [5, 5.41) is 13.0. The first kappa shape index (κ1) is 12.1. The highest BCUT2D eigenvalue weighted by Crippen LogP contribution is 2.14. The van der Waals surface area contributed by atoms with Gasteiger partial charge in [0.1, 0.15) is 5.82 Å². The molecule has 1 aliphatic heterocycles. The lowest BCUT2D eigenvalue weighted by Crippen LogP contribution is -2.40. The van der Waals surface area contributed by atoms with Crippen LogP contribution in [0.15, 0.2) is 6.20 Å². The first-order chi connectivity index (χ1) is 8.31. The number of rotatable bonds is 3. The number of nitrogens with one attached hydrogen (secondary N) is 3. The van der Waals surface area contributed by atoms with Crippen molar-refractivity contribution < 1.29 is 4.79 Å². The monoisotopic (exact) mass is 236 g/mol. The molecule has 1 atom stereocenters. The van der Waals surface area contributed by atoms with Gasteiger partial charge in [0.2, 0.25) is 5.91 Å². The first-order valence-electron chi connectivity index (χ1n) is 6.37. The standard InChI is InChI=1S/C12H20N4O/c1-2-9-8-14-16-11(9)15-12(17)10-6-4-3-5-7-13-10/h8,10,13H,2-7H2,1H3,(H2,14,15,16,17). The predicted octanol–water partition coefficient (Wildman–Crippen LogP) is 1.44. The molecule has 0 aliphatic carbocycles. The number of H-pyrrole nitrogens is 1. The second-order valence-electron chi connectivity index (χ2n) is 4.47. The Labute approximate surface area is 101 Å². The zero-order valence-corrected chi connectivity index (χ0v) is 10.3. The van der Waals surface area contributed by atoms with Crippen molar-refractivity contribution in [1.29, 1.82) is 0 Å². The zero-order valence-electron chi connectivity index (χ0n) is 10.3. The van der Waals surface area contributed by atoms with Gasteiger partial charge in [-0.05, 0) is 25.8 Å². The Kier molecular flexibility index (Phi) is 4.14. The molecule has 2 heterocycles. The van der Waals surface area contributed by atoms with Crippen molar-refractivity contribution in [2.75, 3.05) is 11.9 Å². The van der Waals surface area contributed by atoms with Gasteiger partial charge in [0.25, 0.3) is 0 Å². The van der Waals surface area contributed by atoms with E-state index < -0.39 is 0 Å². The first-order valence-corrected chi connectivity index (χ1v) is 6.37. The topological polar surface area (TPSA) is 69.8 Å². The van der Waals surface area contributed by atoms with Gasteiger partial charge >= 0.3 is 0 Å². The number of carbonyl (C=O) groups is 1. The van der Waals surface area contributed by atoms with Crippen LogP contribution < -0.4 is 10.6 Å². The summed E-state index contributed by atoms with van der Waals surface area (Å²) in [6, 6.07) is -0.0643. The Morgan fingerprint density at radius 2 is 2.41 bits per heavy atom. The average Bonchev–Trinajstić information content (AvgIpc) is 2.62. The smallest absolute Gasteiger partial charge is 0.242 e. The van der Waals surface area contributed by atoms with Crippen LogP contribution in [0.3, 0.4) is 0 Å². The van der Waals surface area contributed by atoms with Crippen LogP contribution in [0, 0.1) is 0 Å². The Morgan fingerprint density at radius 1 is 1.53 bits per heavy atom. The summed E-state index contributed by atoms with van der Waals surface area (Å²) < 4.78 is 0. The lowest BCUT2D eigenvalue weighted by molar-refractivity contribution is -0.118. The molecule has 0 bridgehead atoms. The quantitative estimate of drug-likeness (QED) is 0.744. The Hall–Kier alpha value is -1.36. The molecule has 3 N–H and O–H groups in total. The van der Waals surface area contributed by atoms with Crippen molar-refractivity contribution in [3.8, 4) is 0 Å². The maximum absolute atomic E-state index is 12.1. The highest BCUT2D eigenvalue weighted by molar-refractivity contribution is 5.94. The van der Waals surface area contributed by atoms with Gasteiger partial charge < -0.3 is 10.6 Å². The number of amides is 1. The lowest BCUT2D eigenvalue weighted by Gasteiger charge is -2.15. The van der Waals surface area contributed by atoms with Gasteiger partial charge in [0.05, 0.1) is 12.2 Å². The maximum atomic E-state index is 12.1. The summed E-state index contributed by atoms with van der Waals surface area (Å²) in [7, 11) is 0. The third-order valence-electron chi connectivity index (χ3n) is 3.22. The Balaban J connectivity index is 1.95. The van der Waals surface area contributed by atoms with E-state index in [-0.39, 0.29) is 11.9 Å². The second-order valence-corrected chi connectivity index (χ2v) is 4.47. The van der Waals surface area contributed by atoms with Gasteiger partial charge in [-0.3, -0.25) is 9.89 Å². The fraction of sp³-hybridized carbons (Fsp3) is 0.667.